The number of nitrogens with one attached hydrogen (secondary N) is 1. The second-order valence-electron chi connectivity index (χ2n) is 4.22. The maximum absolute atomic E-state index is 6.00. The Morgan fingerprint density at radius 2 is 2.06 bits per heavy atom. The standard InChI is InChI=1S/C14H15NO2.ClH/c1-15-8-11-9-16-13-7-6-10-4-2-3-5-12(10)14(13)17-11;/h2-7,11,15H,8-9H2,1H3;1H. The van der Waals surface area contributed by atoms with E-state index in [1.165, 1.54) is 5.39 Å². The molecule has 0 saturated heterocycles. The summed E-state index contributed by atoms with van der Waals surface area (Å²) in [4.78, 5) is 0. The first-order chi connectivity index (χ1) is 8.38. The number of halogens is 1. The molecule has 0 aliphatic carbocycles. The molecule has 0 saturated carbocycles. The quantitative estimate of drug-likeness (QED) is 0.906. The maximum atomic E-state index is 6.00. The highest BCUT2D eigenvalue weighted by molar-refractivity contribution is 5.90. The lowest BCUT2D eigenvalue weighted by Crippen LogP contribution is -2.37. The minimum atomic E-state index is 0. The van der Waals surface area contributed by atoms with E-state index < -0.39 is 0 Å². The van der Waals surface area contributed by atoms with Crippen molar-refractivity contribution in [1.29, 1.82) is 0 Å². The van der Waals surface area contributed by atoms with Gasteiger partial charge in [0.25, 0.3) is 0 Å². The molecule has 96 valence electrons. The first-order valence-electron chi connectivity index (χ1n) is 5.84. The van der Waals surface area contributed by atoms with Crippen molar-refractivity contribution >= 4 is 23.2 Å². The fourth-order valence-electron chi connectivity index (χ4n) is 2.17. The van der Waals surface area contributed by atoms with Crippen LogP contribution < -0.4 is 14.8 Å². The first kappa shape index (κ1) is 13.0. The van der Waals surface area contributed by atoms with Gasteiger partial charge >= 0.3 is 0 Å². The van der Waals surface area contributed by atoms with E-state index in [0.717, 1.165) is 23.4 Å². The highest BCUT2D eigenvalue weighted by Gasteiger charge is 2.22. The zero-order valence-corrected chi connectivity index (χ0v) is 11.0. The molecule has 0 fully saturated rings. The van der Waals surface area contributed by atoms with Gasteiger partial charge in [-0.2, -0.15) is 0 Å². The summed E-state index contributed by atoms with van der Waals surface area (Å²) in [5.41, 5.74) is 0. The Hall–Kier alpha value is -1.45. The smallest absolute Gasteiger partial charge is 0.169 e. The Kier molecular flexibility index (Phi) is 3.94. The van der Waals surface area contributed by atoms with Gasteiger partial charge in [-0.3, -0.25) is 0 Å². The Morgan fingerprint density at radius 1 is 1.22 bits per heavy atom. The summed E-state index contributed by atoms with van der Waals surface area (Å²) in [6, 6.07) is 12.3. The molecule has 0 radical (unpaired) electrons. The van der Waals surface area contributed by atoms with E-state index in [4.69, 9.17) is 9.47 Å². The van der Waals surface area contributed by atoms with Crippen molar-refractivity contribution in [2.24, 2.45) is 0 Å². The van der Waals surface area contributed by atoms with Gasteiger partial charge in [0.1, 0.15) is 12.7 Å². The number of hydrogen-bond acceptors (Lipinski definition) is 3. The number of fused-ring (bicyclic) bond motifs is 3. The summed E-state index contributed by atoms with van der Waals surface area (Å²) < 4.78 is 11.7. The Balaban J connectivity index is 0.00000120. The van der Waals surface area contributed by atoms with Crippen molar-refractivity contribution in [1.82, 2.24) is 5.32 Å². The minimum Gasteiger partial charge on any atom is -0.486 e. The van der Waals surface area contributed by atoms with E-state index in [1.54, 1.807) is 0 Å². The summed E-state index contributed by atoms with van der Waals surface area (Å²) in [6.07, 6.45) is 0.0818. The van der Waals surface area contributed by atoms with Crippen LogP contribution in [0.2, 0.25) is 0 Å². The largest absolute Gasteiger partial charge is 0.486 e. The van der Waals surface area contributed by atoms with Crippen LogP contribution in [0, 0.1) is 0 Å². The molecule has 1 atom stereocenters. The highest BCUT2D eigenvalue weighted by atomic mass is 35.5. The molecule has 0 amide bonds. The lowest BCUT2D eigenvalue weighted by Gasteiger charge is -2.27. The van der Waals surface area contributed by atoms with E-state index in [0.29, 0.717) is 6.61 Å². The van der Waals surface area contributed by atoms with Crippen molar-refractivity contribution in [2.75, 3.05) is 20.2 Å². The van der Waals surface area contributed by atoms with Crippen LogP contribution in [0.4, 0.5) is 0 Å². The molecule has 3 rings (SSSR count). The summed E-state index contributed by atoms with van der Waals surface area (Å²) >= 11 is 0. The fourth-order valence-corrected chi connectivity index (χ4v) is 2.17. The van der Waals surface area contributed by atoms with Crippen LogP contribution in [-0.2, 0) is 0 Å². The highest BCUT2D eigenvalue weighted by Crippen LogP contribution is 2.38. The Morgan fingerprint density at radius 3 is 2.89 bits per heavy atom. The van der Waals surface area contributed by atoms with Crippen LogP contribution in [0.15, 0.2) is 36.4 Å². The molecule has 2 aromatic carbocycles. The normalized spacial score (nSPS) is 17.3. The van der Waals surface area contributed by atoms with E-state index in [-0.39, 0.29) is 18.5 Å². The number of rotatable bonds is 2. The summed E-state index contributed by atoms with van der Waals surface area (Å²) in [5.74, 6) is 1.71. The topological polar surface area (TPSA) is 30.5 Å². The van der Waals surface area contributed by atoms with E-state index in [1.807, 2.05) is 25.2 Å². The van der Waals surface area contributed by atoms with Crippen molar-refractivity contribution in [3.05, 3.63) is 36.4 Å². The number of ether oxygens (including phenoxy) is 2. The maximum Gasteiger partial charge on any atom is 0.169 e. The van der Waals surface area contributed by atoms with E-state index in [9.17, 15) is 0 Å². The minimum absolute atomic E-state index is 0. The molecule has 1 unspecified atom stereocenters. The van der Waals surface area contributed by atoms with Crippen LogP contribution in [0.25, 0.3) is 10.8 Å². The van der Waals surface area contributed by atoms with Crippen LogP contribution in [0.5, 0.6) is 11.5 Å². The lowest BCUT2D eigenvalue weighted by molar-refractivity contribution is 0.0940. The summed E-state index contributed by atoms with van der Waals surface area (Å²) in [5, 5.41) is 5.41. The molecule has 1 heterocycles. The molecule has 1 N–H and O–H groups in total. The lowest BCUT2D eigenvalue weighted by atomic mass is 10.1. The molecule has 0 spiro atoms. The van der Waals surface area contributed by atoms with Gasteiger partial charge in [-0.05, 0) is 18.5 Å². The SMILES string of the molecule is CNCC1COc2ccc3ccccc3c2O1.Cl. The second-order valence-corrected chi connectivity index (χ2v) is 4.22. The van der Waals surface area contributed by atoms with Crippen LogP contribution in [-0.4, -0.2) is 26.3 Å². The monoisotopic (exact) mass is 265 g/mol. The van der Waals surface area contributed by atoms with Gasteiger partial charge in [0.05, 0.1) is 0 Å². The second kappa shape index (κ2) is 5.46. The van der Waals surface area contributed by atoms with Crippen molar-refractivity contribution in [3.8, 4) is 11.5 Å². The average molecular weight is 266 g/mol. The van der Waals surface area contributed by atoms with Gasteiger partial charge in [0.15, 0.2) is 11.5 Å². The predicted octanol–water partition coefficient (Wildman–Crippen LogP) is 2.62. The Bertz CT molecular complexity index is 544. The predicted molar refractivity (Wildman–Crippen MR) is 75.0 cm³/mol. The van der Waals surface area contributed by atoms with Crippen LogP contribution in [0.1, 0.15) is 0 Å². The third-order valence-corrected chi connectivity index (χ3v) is 2.98. The third kappa shape index (κ3) is 2.24. The summed E-state index contributed by atoms with van der Waals surface area (Å²) in [6.45, 7) is 1.40. The molecular weight excluding hydrogens is 250 g/mol. The van der Waals surface area contributed by atoms with Crippen molar-refractivity contribution in [3.63, 3.8) is 0 Å². The molecule has 3 nitrogen and oxygen atoms in total. The molecular formula is C14H16ClNO2. The van der Waals surface area contributed by atoms with E-state index >= 15 is 0 Å². The summed E-state index contributed by atoms with van der Waals surface area (Å²) in [7, 11) is 1.92. The fraction of sp³-hybridized carbons (Fsp3) is 0.286. The van der Waals surface area contributed by atoms with Gasteiger partial charge in [-0.1, -0.05) is 30.3 Å². The van der Waals surface area contributed by atoms with Crippen LogP contribution in [0.3, 0.4) is 0 Å². The number of likely N-dealkylation sites (N-methyl/N-ethyl adjacent to an activating group) is 1. The van der Waals surface area contributed by atoms with Gasteiger partial charge in [0, 0.05) is 11.9 Å². The molecule has 0 aromatic heterocycles. The van der Waals surface area contributed by atoms with Gasteiger partial charge in [-0.15, -0.1) is 12.4 Å². The van der Waals surface area contributed by atoms with Gasteiger partial charge < -0.3 is 14.8 Å². The molecule has 4 heteroatoms. The van der Waals surface area contributed by atoms with Gasteiger partial charge in [0.2, 0.25) is 0 Å². The van der Waals surface area contributed by atoms with Crippen molar-refractivity contribution in [2.45, 2.75) is 6.10 Å². The number of benzene rings is 2. The first-order valence-corrected chi connectivity index (χ1v) is 5.84. The van der Waals surface area contributed by atoms with E-state index in [2.05, 4.69) is 23.5 Å². The molecule has 0 bridgehead atoms. The third-order valence-electron chi connectivity index (χ3n) is 2.98. The molecule has 1 aliphatic heterocycles. The Labute approximate surface area is 112 Å². The molecule has 1 aliphatic rings. The molecule has 18 heavy (non-hydrogen) atoms. The van der Waals surface area contributed by atoms with Crippen molar-refractivity contribution < 1.29 is 9.47 Å². The number of hydrogen-bond donors (Lipinski definition) is 1. The molecule has 2 aromatic rings. The zero-order chi connectivity index (χ0) is 11.7. The average Bonchev–Trinajstić information content (AvgIpc) is 2.39. The van der Waals surface area contributed by atoms with Gasteiger partial charge in [-0.25, -0.2) is 0 Å². The zero-order valence-electron chi connectivity index (χ0n) is 10.2. The van der Waals surface area contributed by atoms with Crippen LogP contribution >= 0.6 is 12.4 Å².